The van der Waals surface area contributed by atoms with Gasteiger partial charge in [0.15, 0.2) is 0 Å². The summed E-state index contributed by atoms with van der Waals surface area (Å²) in [6.07, 6.45) is 2.15. The van der Waals surface area contributed by atoms with Crippen molar-refractivity contribution in [2.75, 3.05) is 13.6 Å². The molecular weight excluding hydrogens is 230 g/mol. The molecule has 1 fully saturated rings. The Morgan fingerprint density at radius 1 is 1.56 bits per heavy atom. The molecule has 1 aromatic rings. The van der Waals surface area contributed by atoms with Crippen molar-refractivity contribution in [3.05, 3.63) is 23.7 Å². The molecule has 18 heavy (non-hydrogen) atoms. The van der Waals surface area contributed by atoms with Gasteiger partial charge in [-0.2, -0.15) is 0 Å². The number of rotatable bonds is 7. The lowest BCUT2D eigenvalue weighted by molar-refractivity contribution is -0.137. The van der Waals surface area contributed by atoms with E-state index < -0.39 is 5.97 Å². The SMILES string of the molecule is CC1CC1c1ccc(CN(C)CCCC(=O)O)o1. The molecule has 0 aliphatic heterocycles. The summed E-state index contributed by atoms with van der Waals surface area (Å²) in [6.45, 7) is 3.77. The van der Waals surface area contributed by atoms with Crippen molar-refractivity contribution >= 4 is 5.97 Å². The average Bonchev–Trinajstić information content (AvgIpc) is 2.84. The molecule has 0 amide bonds. The molecule has 0 aromatic carbocycles. The van der Waals surface area contributed by atoms with Crippen molar-refractivity contribution in [2.45, 2.75) is 38.6 Å². The van der Waals surface area contributed by atoms with Gasteiger partial charge in [-0.15, -0.1) is 0 Å². The predicted octanol–water partition coefficient (Wildman–Crippen LogP) is 2.70. The van der Waals surface area contributed by atoms with Crippen LogP contribution in [0.5, 0.6) is 0 Å². The molecule has 2 rings (SSSR count). The molecule has 2 atom stereocenters. The average molecular weight is 251 g/mol. The predicted molar refractivity (Wildman–Crippen MR) is 68.4 cm³/mol. The Balaban J connectivity index is 1.74. The van der Waals surface area contributed by atoms with E-state index in [-0.39, 0.29) is 6.42 Å². The van der Waals surface area contributed by atoms with Crippen LogP contribution in [-0.2, 0) is 11.3 Å². The number of hydrogen-bond acceptors (Lipinski definition) is 3. The minimum absolute atomic E-state index is 0.229. The summed E-state index contributed by atoms with van der Waals surface area (Å²) in [7, 11) is 1.99. The number of nitrogens with zero attached hydrogens (tertiary/aromatic N) is 1. The van der Waals surface area contributed by atoms with Gasteiger partial charge in [-0.1, -0.05) is 6.92 Å². The molecule has 100 valence electrons. The van der Waals surface area contributed by atoms with Gasteiger partial charge < -0.3 is 9.52 Å². The quantitative estimate of drug-likeness (QED) is 0.809. The summed E-state index contributed by atoms with van der Waals surface area (Å²) in [5.41, 5.74) is 0. The Morgan fingerprint density at radius 3 is 2.89 bits per heavy atom. The first-order chi connectivity index (χ1) is 8.56. The first-order valence-electron chi connectivity index (χ1n) is 6.55. The minimum Gasteiger partial charge on any atom is -0.481 e. The fraction of sp³-hybridized carbons (Fsp3) is 0.643. The van der Waals surface area contributed by atoms with Crippen molar-refractivity contribution in [3.8, 4) is 0 Å². The van der Waals surface area contributed by atoms with Crippen LogP contribution in [0.25, 0.3) is 0 Å². The van der Waals surface area contributed by atoms with Crippen molar-refractivity contribution in [3.63, 3.8) is 0 Å². The number of carbonyl (C=O) groups is 1. The second-order valence-electron chi connectivity index (χ2n) is 5.36. The Morgan fingerprint density at radius 2 is 2.28 bits per heavy atom. The van der Waals surface area contributed by atoms with Crippen LogP contribution in [0.3, 0.4) is 0 Å². The fourth-order valence-electron chi connectivity index (χ4n) is 2.24. The van der Waals surface area contributed by atoms with Gasteiger partial charge in [-0.3, -0.25) is 9.69 Å². The van der Waals surface area contributed by atoms with Crippen molar-refractivity contribution in [1.82, 2.24) is 4.90 Å². The van der Waals surface area contributed by atoms with E-state index >= 15 is 0 Å². The van der Waals surface area contributed by atoms with E-state index in [9.17, 15) is 4.79 Å². The molecule has 4 heteroatoms. The third kappa shape index (κ3) is 3.60. The van der Waals surface area contributed by atoms with E-state index in [4.69, 9.17) is 9.52 Å². The third-order valence-electron chi connectivity index (χ3n) is 3.51. The van der Waals surface area contributed by atoms with E-state index in [0.29, 0.717) is 12.3 Å². The van der Waals surface area contributed by atoms with Gasteiger partial charge in [-0.25, -0.2) is 0 Å². The molecule has 0 radical (unpaired) electrons. The number of aliphatic carboxylic acids is 1. The van der Waals surface area contributed by atoms with Crippen LogP contribution in [0.4, 0.5) is 0 Å². The summed E-state index contributed by atoms with van der Waals surface area (Å²) in [5.74, 6) is 2.73. The van der Waals surface area contributed by atoms with Gasteiger partial charge in [0.1, 0.15) is 11.5 Å². The standard InChI is InChI=1S/C14H21NO3/c1-10-8-12(10)13-6-5-11(18-13)9-15(2)7-3-4-14(16)17/h5-6,10,12H,3-4,7-9H2,1-2H3,(H,16,17). The summed E-state index contributed by atoms with van der Waals surface area (Å²) >= 11 is 0. The lowest BCUT2D eigenvalue weighted by Gasteiger charge is -2.13. The van der Waals surface area contributed by atoms with Crippen molar-refractivity contribution in [1.29, 1.82) is 0 Å². The van der Waals surface area contributed by atoms with Crippen molar-refractivity contribution in [2.24, 2.45) is 5.92 Å². The molecule has 0 spiro atoms. The zero-order valence-corrected chi connectivity index (χ0v) is 11.1. The second kappa shape index (κ2) is 5.57. The molecule has 4 nitrogen and oxygen atoms in total. The number of furan rings is 1. The zero-order chi connectivity index (χ0) is 13.1. The topological polar surface area (TPSA) is 53.7 Å². The molecule has 1 heterocycles. The monoisotopic (exact) mass is 251 g/mol. The Hall–Kier alpha value is -1.29. The summed E-state index contributed by atoms with van der Waals surface area (Å²) < 4.78 is 5.82. The van der Waals surface area contributed by atoms with Crippen LogP contribution in [0.15, 0.2) is 16.5 Å². The van der Waals surface area contributed by atoms with Gasteiger partial charge in [0.25, 0.3) is 0 Å². The minimum atomic E-state index is -0.730. The lowest BCUT2D eigenvalue weighted by atomic mass is 10.3. The summed E-state index contributed by atoms with van der Waals surface area (Å²) in [6, 6.07) is 4.11. The van der Waals surface area contributed by atoms with E-state index in [0.717, 1.165) is 30.5 Å². The lowest BCUT2D eigenvalue weighted by Crippen LogP contribution is -2.19. The largest absolute Gasteiger partial charge is 0.481 e. The second-order valence-corrected chi connectivity index (χ2v) is 5.36. The van der Waals surface area contributed by atoms with E-state index in [1.807, 2.05) is 13.1 Å². The summed E-state index contributed by atoms with van der Waals surface area (Å²) in [5, 5.41) is 8.58. The van der Waals surface area contributed by atoms with E-state index in [2.05, 4.69) is 17.9 Å². The van der Waals surface area contributed by atoms with Gasteiger partial charge in [0.2, 0.25) is 0 Å². The Labute approximate surface area is 108 Å². The molecule has 1 aliphatic carbocycles. The highest BCUT2D eigenvalue weighted by molar-refractivity contribution is 5.66. The van der Waals surface area contributed by atoms with Crippen LogP contribution >= 0.6 is 0 Å². The van der Waals surface area contributed by atoms with Gasteiger partial charge in [0.05, 0.1) is 6.54 Å². The van der Waals surface area contributed by atoms with Crippen LogP contribution in [0.1, 0.15) is 43.6 Å². The first-order valence-corrected chi connectivity index (χ1v) is 6.55. The van der Waals surface area contributed by atoms with Gasteiger partial charge in [0, 0.05) is 12.3 Å². The van der Waals surface area contributed by atoms with Crippen LogP contribution < -0.4 is 0 Å². The maximum Gasteiger partial charge on any atom is 0.303 e. The number of carboxylic acid groups (broad SMARTS) is 1. The zero-order valence-electron chi connectivity index (χ0n) is 11.1. The van der Waals surface area contributed by atoms with Crippen molar-refractivity contribution < 1.29 is 14.3 Å². The highest BCUT2D eigenvalue weighted by Gasteiger charge is 2.36. The highest BCUT2D eigenvalue weighted by atomic mass is 16.4. The maximum atomic E-state index is 10.4. The fourth-order valence-corrected chi connectivity index (χ4v) is 2.24. The molecule has 0 saturated heterocycles. The normalized spacial score (nSPS) is 22.4. The molecule has 1 saturated carbocycles. The Bertz CT molecular complexity index is 413. The van der Waals surface area contributed by atoms with E-state index in [1.165, 1.54) is 6.42 Å². The smallest absolute Gasteiger partial charge is 0.303 e. The maximum absolute atomic E-state index is 10.4. The Kier molecular flexibility index (Phi) is 4.07. The molecule has 1 aliphatic rings. The molecular formula is C14H21NO3. The number of carboxylic acids is 1. The molecule has 1 N–H and O–H groups in total. The molecule has 1 aromatic heterocycles. The van der Waals surface area contributed by atoms with Gasteiger partial charge >= 0.3 is 5.97 Å². The summed E-state index contributed by atoms with van der Waals surface area (Å²) in [4.78, 5) is 12.5. The molecule has 0 bridgehead atoms. The highest BCUT2D eigenvalue weighted by Crippen LogP contribution is 2.47. The number of hydrogen-bond donors (Lipinski definition) is 1. The van der Waals surface area contributed by atoms with Crippen LogP contribution in [-0.4, -0.2) is 29.6 Å². The molecule has 2 unspecified atom stereocenters. The van der Waals surface area contributed by atoms with Gasteiger partial charge in [-0.05, 0) is 44.5 Å². The first kappa shape index (κ1) is 13.1. The third-order valence-corrected chi connectivity index (χ3v) is 3.51. The van der Waals surface area contributed by atoms with E-state index in [1.54, 1.807) is 0 Å². The van der Waals surface area contributed by atoms with Crippen LogP contribution in [0.2, 0.25) is 0 Å². The van der Waals surface area contributed by atoms with Crippen LogP contribution in [0, 0.1) is 5.92 Å².